The van der Waals surface area contributed by atoms with Crippen molar-refractivity contribution in [2.45, 2.75) is 38.3 Å². The third-order valence-electron chi connectivity index (χ3n) is 4.19. The van der Waals surface area contributed by atoms with Gasteiger partial charge in [0.2, 0.25) is 0 Å². The van der Waals surface area contributed by atoms with Gasteiger partial charge >= 0.3 is 0 Å². The summed E-state index contributed by atoms with van der Waals surface area (Å²) in [7, 11) is 1.89. The van der Waals surface area contributed by atoms with E-state index in [-0.39, 0.29) is 18.1 Å². The fourth-order valence-corrected chi connectivity index (χ4v) is 2.79. The van der Waals surface area contributed by atoms with Crippen LogP contribution in [0.3, 0.4) is 0 Å². The smallest absolute Gasteiger partial charge is 0.253 e. The van der Waals surface area contributed by atoms with Crippen LogP contribution in [-0.2, 0) is 0 Å². The number of β-amino-alcohol motifs (C(OH)–C–C–N with tert-alkyl or cyclic N) is 1. The van der Waals surface area contributed by atoms with Gasteiger partial charge in [0, 0.05) is 38.3 Å². The monoisotopic (exact) mass is 290 g/mol. The standard InChI is InChI=1S/C17H26N2O2/c1-3-4-10-15(11-19-12-16(20)13-19)18(2)17(21)14-8-6-5-7-9-14/h5-9,15-16,20H,3-4,10-13H2,1-2H3/t15-/m0/s1. The van der Waals surface area contributed by atoms with E-state index in [4.69, 9.17) is 0 Å². The first-order valence-electron chi connectivity index (χ1n) is 7.84. The first-order chi connectivity index (χ1) is 10.1. The molecule has 1 aromatic carbocycles. The molecule has 2 rings (SSSR count). The quantitative estimate of drug-likeness (QED) is 0.835. The van der Waals surface area contributed by atoms with Gasteiger partial charge in [-0.2, -0.15) is 0 Å². The van der Waals surface area contributed by atoms with E-state index < -0.39 is 0 Å². The molecular weight excluding hydrogens is 264 g/mol. The number of carbonyl (C=O) groups excluding carboxylic acids is 1. The Morgan fingerprint density at radius 1 is 1.38 bits per heavy atom. The summed E-state index contributed by atoms with van der Waals surface area (Å²) in [5.74, 6) is 0.0813. The molecule has 1 aliphatic heterocycles. The lowest BCUT2D eigenvalue weighted by atomic mass is 10.0. The Balaban J connectivity index is 1.99. The van der Waals surface area contributed by atoms with Crippen LogP contribution in [-0.4, -0.2) is 59.6 Å². The summed E-state index contributed by atoms with van der Waals surface area (Å²) in [5, 5.41) is 9.41. The van der Waals surface area contributed by atoms with Crippen molar-refractivity contribution < 1.29 is 9.90 Å². The van der Waals surface area contributed by atoms with Crippen molar-refractivity contribution >= 4 is 5.91 Å². The zero-order valence-corrected chi connectivity index (χ0v) is 13.0. The number of unbranched alkanes of at least 4 members (excludes halogenated alkanes) is 1. The van der Waals surface area contributed by atoms with Crippen LogP contribution in [0.4, 0.5) is 0 Å². The van der Waals surface area contributed by atoms with Gasteiger partial charge < -0.3 is 10.0 Å². The van der Waals surface area contributed by atoms with E-state index in [2.05, 4.69) is 11.8 Å². The van der Waals surface area contributed by atoms with E-state index in [1.54, 1.807) is 0 Å². The van der Waals surface area contributed by atoms with Crippen LogP contribution in [0.15, 0.2) is 30.3 Å². The number of likely N-dealkylation sites (tertiary alicyclic amines) is 1. The van der Waals surface area contributed by atoms with Crippen LogP contribution in [0.1, 0.15) is 36.5 Å². The summed E-state index contributed by atoms with van der Waals surface area (Å²) in [5.41, 5.74) is 0.741. The summed E-state index contributed by atoms with van der Waals surface area (Å²) < 4.78 is 0. The highest BCUT2D eigenvalue weighted by Gasteiger charge is 2.29. The summed E-state index contributed by atoms with van der Waals surface area (Å²) in [6.07, 6.45) is 3.07. The van der Waals surface area contributed by atoms with E-state index in [9.17, 15) is 9.90 Å². The minimum Gasteiger partial charge on any atom is -0.390 e. The summed E-state index contributed by atoms with van der Waals surface area (Å²) in [6.45, 7) is 4.49. The number of likely N-dealkylation sites (N-methyl/N-ethyl adjacent to an activating group) is 1. The molecule has 4 nitrogen and oxygen atoms in total. The molecule has 1 amide bonds. The first kappa shape index (κ1) is 16.0. The molecule has 1 heterocycles. The Hall–Kier alpha value is -1.39. The molecule has 0 unspecified atom stereocenters. The Labute approximate surface area is 127 Å². The van der Waals surface area contributed by atoms with Crippen molar-refractivity contribution in [3.8, 4) is 0 Å². The molecule has 21 heavy (non-hydrogen) atoms. The number of aliphatic hydroxyl groups excluding tert-OH is 1. The van der Waals surface area contributed by atoms with Crippen LogP contribution in [0.5, 0.6) is 0 Å². The maximum atomic E-state index is 12.6. The molecule has 1 aromatic rings. The summed E-state index contributed by atoms with van der Waals surface area (Å²) in [6, 6.07) is 9.66. The van der Waals surface area contributed by atoms with Crippen molar-refractivity contribution in [2.75, 3.05) is 26.7 Å². The van der Waals surface area contributed by atoms with Gasteiger partial charge in [-0.1, -0.05) is 38.0 Å². The lowest BCUT2D eigenvalue weighted by molar-refractivity contribution is -0.0114. The number of hydrogen-bond acceptors (Lipinski definition) is 3. The largest absolute Gasteiger partial charge is 0.390 e. The molecule has 4 heteroatoms. The maximum absolute atomic E-state index is 12.6. The zero-order valence-electron chi connectivity index (χ0n) is 13.0. The molecule has 0 saturated carbocycles. The number of nitrogens with zero attached hydrogens (tertiary/aromatic N) is 2. The van der Waals surface area contributed by atoms with E-state index in [1.165, 1.54) is 0 Å². The van der Waals surface area contributed by atoms with E-state index >= 15 is 0 Å². The first-order valence-corrected chi connectivity index (χ1v) is 7.84. The second-order valence-corrected chi connectivity index (χ2v) is 5.95. The highest BCUT2D eigenvalue weighted by atomic mass is 16.3. The van der Waals surface area contributed by atoms with E-state index in [0.717, 1.165) is 44.5 Å². The minimum atomic E-state index is -0.188. The second kappa shape index (κ2) is 7.57. The minimum absolute atomic E-state index is 0.0813. The molecule has 0 bridgehead atoms. The van der Waals surface area contributed by atoms with Gasteiger partial charge in [-0.15, -0.1) is 0 Å². The molecule has 0 radical (unpaired) electrons. The number of carbonyl (C=O) groups is 1. The Morgan fingerprint density at radius 3 is 2.62 bits per heavy atom. The topological polar surface area (TPSA) is 43.8 Å². The molecule has 1 fully saturated rings. The van der Waals surface area contributed by atoms with Crippen molar-refractivity contribution in [1.29, 1.82) is 0 Å². The number of aliphatic hydroxyl groups is 1. The van der Waals surface area contributed by atoms with Crippen molar-refractivity contribution in [3.63, 3.8) is 0 Å². The SMILES string of the molecule is CCCC[C@@H](CN1CC(O)C1)N(C)C(=O)c1ccccc1. The van der Waals surface area contributed by atoms with Gasteiger partial charge in [-0.05, 0) is 18.6 Å². The Bertz CT molecular complexity index is 443. The van der Waals surface area contributed by atoms with Crippen molar-refractivity contribution in [2.24, 2.45) is 0 Å². The predicted molar refractivity (Wildman–Crippen MR) is 84.3 cm³/mol. The van der Waals surface area contributed by atoms with Gasteiger partial charge in [0.05, 0.1) is 6.10 Å². The maximum Gasteiger partial charge on any atom is 0.253 e. The number of hydrogen-bond donors (Lipinski definition) is 1. The Kier molecular flexibility index (Phi) is 5.76. The molecular formula is C17H26N2O2. The lowest BCUT2D eigenvalue weighted by Gasteiger charge is -2.40. The van der Waals surface area contributed by atoms with Gasteiger partial charge in [-0.3, -0.25) is 9.69 Å². The fourth-order valence-electron chi connectivity index (χ4n) is 2.79. The number of rotatable bonds is 7. The normalized spacial score (nSPS) is 17.3. The molecule has 1 saturated heterocycles. The van der Waals surface area contributed by atoms with Gasteiger partial charge in [-0.25, -0.2) is 0 Å². The molecule has 0 spiro atoms. The van der Waals surface area contributed by atoms with Crippen LogP contribution in [0, 0.1) is 0 Å². The van der Waals surface area contributed by atoms with Crippen LogP contribution >= 0.6 is 0 Å². The third kappa shape index (κ3) is 4.29. The number of amides is 1. The number of benzene rings is 1. The van der Waals surface area contributed by atoms with Crippen molar-refractivity contribution in [1.82, 2.24) is 9.80 Å². The molecule has 0 aliphatic carbocycles. The van der Waals surface area contributed by atoms with E-state index in [0.29, 0.717) is 0 Å². The molecule has 0 aromatic heterocycles. The Morgan fingerprint density at radius 2 is 2.05 bits per heavy atom. The van der Waals surface area contributed by atoms with Crippen molar-refractivity contribution in [3.05, 3.63) is 35.9 Å². The zero-order chi connectivity index (χ0) is 15.2. The van der Waals surface area contributed by atoms with Crippen LogP contribution < -0.4 is 0 Å². The van der Waals surface area contributed by atoms with Gasteiger partial charge in [0.25, 0.3) is 5.91 Å². The summed E-state index contributed by atoms with van der Waals surface area (Å²) in [4.78, 5) is 16.7. The van der Waals surface area contributed by atoms with Crippen LogP contribution in [0.2, 0.25) is 0 Å². The van der Waals surface area contributed by atoms with Crippen LogP contribution in [0.25, 0.3) is 0 Å². The second-order valence-electron chi connectivity index (χ2n) is 5.95. The fraction of sp³-hybridized carbons (Fsp3) is 0.588. The molecule has 1 N–H and O–H groups in total. The molecule has 116 valence electrons. The predicted octanol–water partition coefficient (Wildman–Crippen LogP) is 1.99. The molecule has 1 atom stereocenters. The van der Waals surface area contributed by atoms with Gasteiger partial charge in [0.15, 0.2) is 0 Å². The van der Waals surface area contributed by atoms with Gasteiger partial charge in [0.1, 0.15) is 0 Å². The van der Waals surface area contributed by atoms with E-state index in [1.807, 2.05) is 42.3 Å². The average molecular weight is 290 g/mol. The highest BCUT2D eigenvalue weighted by Crippen LogP contribution is 2.16. The third-order valence-corrected chi connectivity index (χ3v) is 4.19. The highest BCUT2D eigenvalue weighted by molar-refractivity contribution is 5.94. The molecule has 1 aliphatic rings. The lowest BCUT2D eigenvalue weighted by Crippen LogP contribution is -2.55. The summed E-state index contributed by atoms with van der Waals surface area (Å²) >= 11 is 0. The average Bonchev–Trinajstić information content (AvgIpc) is 2.48.